The summed E-state index contributed by atoms with van der Waals surface area (Å²) >= 11 is 0. The number of aromatic amines is 1. The molecule has 0 spiro atoms. The molecule has 0 bridgehead atoms. The Balaban J connectivity index is 1.76. The number of hydrogen-bond donors (Lipinski definition) is 2. The molecule has 2 N–H and O–H groups in total. The van der Waals surface area contributed by atoms with Gasteiger partial charge in [-0.05, 0) is 42.6 Å². The fourth-order valence-electron chi connectivity index (χ4n) is 1.93. The fraction of sp³-hybridized carbons (Fsp3) is 0.143. The highest BCUT2D eigenvalue weighted by Gasteiger charge is 2.00. The number of rotatable bonds is 3. The van der Waals surface area contributed by atoms with E-state index in [1.807, 2.05) is 25.3 Å². The van der Waals surface area contributed by atoms with Gasteiger partial charge in [0.1, 0.15) is 11.5 Å². The van der Waals surface area contributed by atoms with Gasteiger partial charge in [0.25, 0.3) is 0 Å². The zero-order valence-corrected chi connectivity index (χ0v) is 9.66. The molecule has 3 aromatic rings. The monoisotopic (exact) mass is 226 g/mol. The van der Waals surface area contributed by atoms with Crippen molar-refractivity contribution in [2.75, 3.05) is 5.32 Å². The van der Waals surface area contributed by atoms with Crippen molar-refractivity contribution >= 4 is 16.6 Å². The molecule has 0 saturated carbocycles. The Bertz CT molecular complexity index is 636. The maximum atomic E-state index is 5.51. The minimum Gasteiger partial charge on any atom is -0.465 e. The lowest BCUT2D eigenvalue weighted by Gasteiger charge is -2.04. The average molecular weight is 226 g/mol. The zero-order valence-electron chi connectivity index (χ0n) is 9.66. The Kier molecular flexibility index (Phi) is 2.37. The number of fused-ring (bicyclic) bond motifs is 1. The standard InChI is InChI=1S/C14H14N2O/c1-10-2-5-13(17-10)9-16-12-4-3-11-6-7-15-14(11)8-12/h2-8,15-16H,9H2,1H3. The van der Waals surface area contributed by atoms with Crippen molar-refractivity contribution in [2.45, 2.75) is 13.5 Å². The number of H-pyrrole nitrogens is 1. The van der Waals surface area contributed by atoms with Crippen LogP contribution in [-0.2, 0) is 6.54 Å². The molecule has 0 fully saturated rings. The first-order valence-electron chi connectivity index (χ1n) is 5.67. The molecule has 86 valence electrons. The van der Waals surface area contributed by atoms with Crippen LogP contribution in [0.15, 0.2) is 47.0 Å². The third-order valence-corrected chi connectivity index (χ3v) is 2.82. The third kappa shape index (κ3) is 2.04. The van der Waals surface area contributed by atoms with Crippen LogP contribution in [0.3, 0.4) is 0 Å². The molecule has 0 radical (unpaired) electrons. The molecular weight excluding hydrogens is 212 g/mol. The molecule has 0 amide bonds. The number of furan rings is 1. The summed E-state index contributed by atoms with van der Waals surface area (Å²) in [6.07, 6.45) is 1.95. The number of anilines is 1. The summed E-state index contributed by atoms with van der Waals surface area (Å²) in [4.78, 5) is 3.20. The molecule has 0 aliphatic carbocycles. The lowest BCUT2D eigenvalue weighted by Crippen LogP contribution is -1.97. The molecule has 2 aromatic heterocycles. The van der Waals surface area contributed by atoms with Crippen LogP contribution < -0.4 is 5.32 Å². The van der Waals surface area contributed by atoms with Crippen molar-refractivity contribution in [1.82, 2.24) is 4.98 Å². The maximum Gasteiger partial charge on any atom is 0.123 e. The van der Waals surface area contributed by atoms with Gasteiger partial charge in [-0.25, -0.2) is 0 Å². The van der Waals surface area contributed by atoms with E-state index < -0.39 is 0 Å². The molecule has 3 heteroatoms. The minimum atomic E-state index is 0.708. The van der Waals surface area contributed by atoms with Crippen LogP contribution in [-0.4, -0.2) is 4.98 Å². The van der Waals surface area contributed by atoms with Gasteiger partial charge in [0.05, 0.1) is 6.54 Å². The predicted molar refractivity (Wildman–Crippen MR) is 69.1 cm³/mol. The first kappa shape index (κ1) is 10.0. The summed E-state index contributed by atoms with van der Waals surface area (Å²) in [7, 11) is 0. The second-order valence-electron chi connectivity index (χ2n) is 4.15. The highest BCUT2D eigenvalue weighted by Crippen LogP contribution is 2.18. The summed E-state index contributed by atoms with van der Waals surface area (Å²) in [5.74, 6) is 1.90. The molecule has 0 aliphatic rings. The second-order valence-corrected chi connectivity index (χ2v) is 4.15. The molecule has 2 heterocycles. The largest absolute Gasteiger partial charge is 0.465 e. The van der Waals surface area contributed by atoms with Crippen LogP contribution in [0.25, 0.3) is 10.9 Å². The van der Waals surface area contributed by atoms with E-state index in [2.05, 4.69) is 34.6 Å². The Morgan fingerprint density at radius 3 is 2.94 bits per heavy atom. The minimum absolute atomic E-state index is 0.708. The van der Waals surface area contributed by atoms with Crippen LogP contribution >= 0.6 is 0 Å². The molecule has 1 aromatic carbocycles. The van der Waals surface area contributed by atoms with Crippen molar-refractivity contribution in [3.05, 3.63) is 54.1 Å². The molecule has 0 aliphatic heterocycles. The van der Waals surface area contributed by atoms with E-state index in [9.17, 15) is 0 Å². The predicted octanol–water partition coefficient (Wildman–Crippen LogP) is 3.68. The van der Waals surface area contributed by atoms with E-state index in [1.165, 1.54) is 5.39 Å². The van der Waals surface area contributed by atoms with Gasteiger partial charge in [-0.2, -0.15) is 0 Å². The van der Waals surface area contributed by atoms with E-state index in [-0.39, 0.29) is 0 Å². The van der Waals surface area contributed by atoms with Gasteiger partial charge < -0.3 is 14.7 Å². The summed E-state index contributed by atoms with van der Waals surface area (Å²) in [6.45, 7) is 2.66. The van der Waals surface area contributed by atoms with E-state index in [1.54, 1.807) is 0 Å². The molecule has 0 saturated heterocycles. The Labute approximate surface area is 99.5 Å². The second kappa shape index (κ2) is 4.01. The first-order chi connectivity index (χ1) is 8.31. The van der Waals surface area contributed by atoms with E-state index in [0.29, 0.717) is 6.54 Å². The molecule has 0 atom stereocenters. The summed E-state index contributed by atoms with van der Waals surface area (Å²) in [5.41, 5.74) is 2.24. The number of nitrogens with one attached hydrogen (secondary N) is 2. The van der Waals surface area contributed by atoms with Crippen molar-refractivity contribution in [2.24, 2.45) is 0 Å². The van der Waals surface area contributed by atoms with Crippen LogP contribution in [0.2, 0.25) is 0 Å². The average Bonchev–Trinajstić information content (AvgIpc) is 2.94. The topological polar surface area (TPSA) is 41.0 Å². The van der Waals surface area contributed by atoms with E-state index in [4.69, 9.17) is 4.42 Å². The van der Waals surface area contributed by atoms with Crippen LogP contribution in [0.4, 0.5) is 5.69 Å². The zero-order chi connectivity index (χ0) is 11.7. The molecule has 17 heavy (non-hydrogen) atoms. The Morgan fingerprint density at radius 2 is 2.12 bits per heavy atom. The number of benzene rings is 1. The smallest absolute Gasteiger partial charge is 0.123 e. The number of hydrogen-bond acceptors (Lipinski definition) is 2. The van der Waals surface area contributed by atoms with Gasteiger partial charge in [-0.15, -0.1) is 0 Å². The first-order valence-corrected chi connectivity index (χ1v) is 5.67. The Morgan fingerprint density at radius 1 is 1.18 bits per heavy atom. The molecule has 3 rings (SSSR count). The fourth-order valence-corrected chi connectivity index (χ4v) is 1.93. The van der Waals surface area contributed by atoms with Crippen molar-refractivity contribution < 1.29 is 4.42 Å². The van der Waals surface area contributed by atoms with Crippen LogP contribution in [0, 0.1) is 6.92 Å². The molecule has 3 nitrogen and oxygen atoms in total. The van der Waals surface area contributed by atoms with Crippen molar-refractivity contribution in [3.8, 4) is 0 Å². The van der Waals surface area contributed by atoms with Gasteiger partial charge in [-0.3, -0.25) is 0 Å². The molecular formula is C14H14N2O. The molecule has 0 unspecified atom stereocenters. The van der Waals surface area contributed by atoms with Crippen molar-refractivity contribution in [1.29, 1.82) is 0 Å². The maximum absolute atomic E-state index is 5.51. The van der Waals surface area contributed by atoms with Gasteiger partial charge in [0.15, 0.2) is 0 Å². The van der Waals surface area contributed by atoms with E-state index >= 15 is 0 Å². The van der Waals surface area contributed by atoms with Gasteiger partial charge in [-0.1, -0.05) is 6.07 Å². The van der Waals surface area contributed by atoms with E-state index in [0.717, 1.165) is 22.7 Å². The van der Waals surface area contributed by atoms with Crippen LogP contribution in [0.5, 0.6) is 0 Å². The SMILES string of the molecule is Cc1ccc(CNc2ccc3cc[nH]c3c2)o1. The van der Waals surface area contributed by atoms with Gasteiger partial charge in [0.2, 0.25) is 0 Å². The summed E-state index contributed by atoms with van der Waals surface area (Å²) in [6, 6.07) is 12.3. The summed E-state index contributed by atoms with van der Waals surface area (Å²) in [5, 5.41) is 4.57. The van der Waals surface area contributed by atoms with Crippen molar-refractivity contribution in [3.63, 3.8) is 0 Å². The normalized spacial score (nSPS) is 10.9. The highest BCUT2D eigenvalue weighted by atomic mass is 16.3. The summed E-state index contributed by atoms with van der Waals surface area (Å²) < 4.78 is 5.51. The van der Waals surface area contributed by atoms with Crippen LogP contribution in [0.1, 0.15) is 11.5 Å². The van der Waals surface area contributed by atoms with Gasteiger partial charge in [0, 0.05) is 17.4 Å². The lowest BCUT2D eigenvalue weighted by atomic mass is 10.2. The third-order valence-electron chi connectivity index (χ3n) is 2.82. The number of aryl methyl sites for hydroxylation is 1. The number of aromatic nitrogens is 1. The quantitative estimate of drug-likeness (QED) is 0.715. The highest BCUT2D eigenvalue weighted by molar-refractivity contribution is 5.82. The lowest BCUT2D eigenvalue weighted by molar-refractivity contribution is 0.490. The Hall–Kier alpha value is -2.16. The van der Waals surface area contributed by atoms with Gasteiger partial charge >= 0.3 is 0 Å².